The standard InChI is InChI=1S/2C17H15P2.2C2H5O.Ti/c2*1-3-7-14(8-4-1)18-16-11-12-17(13-16)19-15-9-5-2-6-10-15;2*1-2-3;/h2*1-13,18-19H;2*2H2,1H3;/q;;2*-1;+2. The van der Waals surface area contributed by atoms with E-state index in [2.05, 4.69) is 159 Å². The van der Waals surface area contributed by atoms with E-state index in [1.807, 2.05) is 0 Å². The molecular formula is C38H40O2P4Ti. The Labute approximate surface area is 280 Å². The van der Waals surface area contributed by atoms with E-state index in [4.69, 9.17) is 6.64 Å². The van der Waals surface area contributed by atoms with Gasteiger partial charge in [0.15, 0.2) is 0 Å². The summed E-state index contributed by atoms with van der Waals surface area (Å²) in [4.78, 5) is 0. The molecule has 4 aromatic carbocycles. The van der Waals surface area contributed by atoms with Gasteiger partial charge in [-0.3, -0.25) is 0 Å². The van der Waals surface area contributed by atoms with Crippen molar-refractivity contribution < 1.29 is 24.0 Å². The minimum absolute atomic E-state index is 0.180. The van der Waals surface area contributed by atoms with Gasteiger partial charge in [-0.1, -0.05) is 0 Å². The summed E-state index contributed by atoms with van der Waals surface area (Å²) in [6, 6.07) is 43.7. The van der Waals surface area contributed by atoms with Crippen molar-refractivity contribution in [3.8, 4) is 0 Å². The minimum atomic E-state index is -3.68. The number of benzene rings is 4. The van der Waals surface area contributed by atoms with Gasteiger partial charge in [-0.25, -0.2) is 0 Å². The van der Waals surface area contributed by atoms with Gasteiger partial charge in [0.1, 0.15) is 0 Å². The molecule has 6 atom stereocenters. The molecule has 4 aromatic rings. The van der Waals surface area contributed by atoms with E-state index in [-0.39, 0.29) is 8.45 Å². The van der Waals surface area contributed by atoms with Gasteiger partial charge >= 0.3 is 282 Å². The molecule has 0 saturated heterocycles. The van der Waals surface area contributed by atoms with E-state index >= 15 is 0 Å². The number of allylic oxidation sites excluding steroid dienone is 8. The molecule has 0 bridgehead atoms. The monoisotopic (exact) mass is 700 g/mol. The molecule has 2 aliphatic rings. The van der Waals surface area contributed by atoms with Gasteiger partial charge < -0.3 is 0 Å². The van der Waals surface area contributed by atoms with Crippen molar-refractivity contribution in [1.82, 2.24) is 0 Å². The summed E-state index contributed by atoms with van der Waals surface area (Å²) in [6.45, 7) is 5.62. The molecule has 0 spiro atoms. The number of hydrogen-bond acceptors (Lipinski definition) is 2. The van der Waals surface area contributed by atoms with Crippen LogP contribution in [-0.2, 0) is 24.0 Å². The second kappa shape index (κ2) is 16.3. The van der Waals surface area contributed by atoms with Crippen LogP contribution < -0.4 is 21.2 Å². The Kier molecular flexibility index (Phi) is 12.0. The zero-order chi connectivity index (χ0) is 30.9. The van der Waals surface area contributed by atoms with Gasteiger partial charge in [-0.15, -0.1) is 0 Å². The third-order valence-corrected chi connectivity index (χ3v) is 20.4. The fourth-order valence-corrected chi connectivity index (χ4v) is 20.0. The molecule has 7 heteroatoms. The second-order valence-corrected chi connectivity index (χ2v) is 21.7. The molecule has 0 amide bonds. The van der Waals surface area contributed by atoms with Crippen molar-refractivity contribution in [2.24, 2.45) is 0 Å². The quantitative estimate of drug-likeness (QED) is 0.0966. The molecule has 2 nitrogen and oxygen atoms in total. The van der Waals surface area contributed by atoms with Gasteiger partial charge in [0.05, 0.1) is 0 Å². The first-order valence-electron chi connectivity index (χ1n) is 15.6. The van der Waals surface area contributed by atoms with Crippen molar-refractivity contribution in [2.75, 3.05) is 13.2 Å². The van der Waals surface area contributed by atoms with E-state index in [1.165, 1.54) is 42.5 Å². The average molecular weight is 700 g/mol. The van der Waals surface area contributed by atoms with Gasteiger partial charge in [0.2, 0.25) is 0 Å². The van der Waals surface area contributed by atoms with Gasteiger partial charge in [0, 0.05) is 0 Å². The summed E-state index contributed by atoms with van der Waals surface area (Å²) in [5.74, 6) is 0. The average Bonchev–Trinajstić information content (AvgIpc) is 3.66. The Morgan fingerprint density at radius 1 is 0.467 bits per heavy atom. The molecule has 45 heavy (non-hydrogen) atoms. The molecule has 228 valence electrons. The first-order chi connectivity index (χ1) is 22.2. The summed E-state index contributed by atoms with van der Waals surface area (Å²) >= 11 is -3.68. The fraction of sp³-hybridized carbons (Fsp3) is 0.158. The van der Waals surface area contributed by atoms with Crippen LogP contribution in [0.15, 0.2) is 167 Å². The number of rotatable bonds is 14. The van der Waals surface area contributed by atoms with E-state index in [0.717, 1.165) is 0 Å². The Morgan fingerprint density at radius 3 is 1.09 bits per heavy atom. The van der Waals surface area contributed by atoms with Crippen LogP contribution in [0.5, 0.6) is 0 Å². The van der Waals surface area contributed by atoms with Crippen LogP contribution in [0.1, 0.15) is 13.8 Å². The predicted octanol–water partition coefficient (Wildman–Crippen LogP) is 9.20. The van der Waals surface area contributed by atoms with Crippen LogP contribution in [0.3, 0.4) is 0 Å². The molecule has 2 aliphatic carbocycles. The van der Waals surface area contributed by atoms with Crippen molar-refractivity contribution in [3.05, 3.63) is 167 Å². The molecule has 0 aromatic heterocycles. The molecule has 0 N–H and O–H groups in total. The summed E-state index contributed by atoms with van der Waals surface area (Å²) in [5.41, 5.74) is 0. The van der Waals surface area contributed by atoms with E-state index < -0.39 is 17.4 Å². The Bertz CT molecular complexity index is 1550. The molecule has 6 rings (SSSR count). The van der Waals surface area contributed by atoms with Crippen LogP contribution in [0.4, 0.5) is 0 Å². The Morgan fingerprint density at radius 2 is 0.778 bits per heavy atom. The summed E-state index contributed by atoms with van der Waals surface area (Å²) in [5, 5.41) is 11.2. The molecule has 0 saturated carbocycles. The topological polar surface area (TPSA) is 18.5 Å². The van der Waals surface area contributed by atoms with Gasteiger partial charge in [0.25, 0.3) is 0 Å². The van der Waals surface area contributed by atoms with Gasteiger partial charge in [-0.2, -0.15) is 0 Å². The molecule has 0 fully saturated rings. The third kappa shape index (κ3) is 8.38. The van der Waals surface area contributed by atoms with E-state index in [0.29, 0.717) is 47.5 Å². The molecule has 6 unspecified atom stereocenters. The van der Waals surface area contributed by atoms with Crippen molar-refractivity contribution >= 4 is 55.5 Å². The summed E-state index contributed by atoms with van der Waals surface area (Å²) in [6.07, 6.45) is 10.1. The zero-order valence-corrected chi connectivity index (χ0v) is 31.3. The van der Waals surface area contributed by atoms with Crippen molar-refractivity contribution in [2.45, 2.75) is 22.3 Å². The predicted molar refractivity (Wildman–Crippen MR) is 201 cm³/mol. The normalized spacial score (nSPS) is 19.0. The maximum atomic E-state index is 7.18. The van der Waals surface area contributed by atoms with E-state index in [1.54, 1.807) is 0 Å². The second-order valence-electron chi connectivity index (χ2n) is 11.0. The first kappa shape index (κ1) is 33.1. The SMILES string of the molecule is CC[O][Ti]([O]CC)([CH]1C=C(Pc2ccccc2)C=C1Pc1ccccc1)[CH]1C=C(Pc2ccccc2)C=C1Pc1ccccc1. The zero-order valence-electron chi connectivity index (χ0n) is 25.7. The van der Waals surface area contributed by atoms with Crippen LogP contribution in [0.25, 0.3) is 0 Å². The molecule has 0 heterocycles. The Balaban J connectivity index is 1.44. The van der Waals surface area contributed by atoms with Crippen LogP contribution >= 0.6 is 34.3 Å². The van der Waals surface area contributed by atoms with Crippen molar-refractivity contribution in [3.63, 3.8) is 0 Å². The van der Waals surface area contributed by atoms with Crippen LogP contribution in [-0.4, -0.2) is 13.2 Å². The Hall–Kier alpha value is -1.81. The maximum absolute atomic E-state index is 7.18. The van der Waals surface area contributed by atoms with Gasteiger partial charge in [-0.05, 0) is 0 Å². The molecule has 0 radical (unpaired) electrons. The van der Waals surface area contributed by atoms with Crippen LogP contribution in [0.2, 0.25) is 8.45 Å². The summed E-state index contributed by atoms with van der Waals surface area (Å²) in [7, 11) is 2.40. The number of hydrogen-bond donors (Lipinski definition) is 0. The summed E-state index contributed by atoms with van der Waals surface area (Å²) < 4.78 is 14.7. The molecular weight excluding hydrogens is 660 g/mol. The van der Waals surface area contributed by atoms with Crippen LogP contribution in [0, 0.1) is 0 Å². The van der Waals surface area contributed by atoms with E-state index in [9.17, 15) is 0 Å². The first-order valence-corrected chi connectivity index (χ1v) is 22.7. The third-order valence-electron chi connectivity index (χ3n) is 7.84. The molecule has 0 aliphatic heterocycles. The van der Waals surface area contributed by atoms with Crippen molar-refractivity contribution in [1.29, 1.82) is 0 Å². The fourth-order valence-electron chi connectivity index (χ4n) is 6.00.